The van der Waals surface area contributed by atoms with E-state index in [-0.39, 0.29) is 36.5 Å². The second kappa shape index (κ2) is 10.1. The minimum atomic E-state index is -0.0117. The van der Waals surface area contributed by atoms with Crippen molar-refractivity contribution in [3.05, 3.63) is 42.2 Å². The maximum Gasteiger partial charge on any atom is 0.265 e. The van der Waals surface area contributed by atoms with Crippen LogP contribution in [-0.4, -0.2) is 48.4 Å². The molecule has 0 atom stereocenters. The Hall–Kier alpha value is -2.30. The van der Waals surface area contributed by atoms with Gasteiger partial charge in [-0.3, -0.25) is 14.5 Å². The van der Waals surface area contributed by atoms with Crippen LogP contribution in [0.4, 0.5) is 5.69 Å². The molecule has 3 rings (SSSR count). The Bertz CT molecular complexity index is 792. The maximum atomic E-state index is 12.1. The molecule has 0 radical (unpaired) electrons. The highest BCUT2D eigenvalue weighted by atomic mass is 127. The van der Waals surface area contributed by atoms with Gasteiger partial charge in [-0.05, 0) is 24.6 Å². The number of halogens is 1. The summed E-state index contributed by atoms with van der Waals surface area (Å²) >= 11 is 0. The number of aromatic nitrogens is 2. The van der Waals surface area contributed by atoms with Gasteiger partial charge in [0, 0.05) is 33.4 Å². The summed E-state index contributed by atoms with van der Waals surface area (Å²) in [5.74, 6) is 1.47. The van der Waals surface area contributed by atoms with Gasteiger partial charge in [-0.25, -0.2) is 0 Å². The van der Waals surface area contributed by atoms with Crippen LogP contribution in [0.2, 0.25) is 0 Å². The number of anilines is 1. The maximum absolute atomic E-state index is 12.1. The standard InChI is InChI=1S/C18H24N6O2.HI/c1-19-18(21-12-14-8-10-22-23(14)2)20-9-5-11-24-15-6-3-4-7-16(15)26-13-17(24)25;/h3-4,6-8,10H,5,9,11-13H2,1-2H3,(H2,19,20,21);1H. The Labute approximate surface area is 176 Å². The van der Waals surface area contributed by atoms with Crippen molar-refractivity contribution in [2.75, 3.05) is 31.6 Å². The van der Waals surface area contributed by atoms with Crippen LogP contribution in [0.5, 0.6) is 5.75 Å². The number of carbonyl (C=O) groups excluding carboxylic acids is 1. The fourth-order valence-corrected chi connectivity index (χ4v) is 2.81. The van der Waals surface area contributed by atoms with Crippen LogP contribution in [-0.2, 0) is 18.4 Å². The smallest absolute Gasteiger partial charge is 0.265 e. The fraction of sp³-hybridized carbons (Fsp3) is 0.389. The van der Waals surface area contributed by atoms with Gasteiger partial charge in [-0.15, -0.1) is 24.0 Å². The third kappa shape index (κ3) is 5.34. The van der Waals surface area contributed by atoms with Crippen molar-refractivity contribution >= 4 is 41.5 Å². The number of rotatable bonds is 6. The molecule has 2 heterocycles. The predicted molar refractivity (Wildman–Crippen MR) is 116 cm³/mol. The Balaban J connectivity index is 0.00000261. The van der Waals surface area contributed by atoms with Gasteiger partial charge in [0.25, 0.3) is 5.91 Å². The second-order valence-electron chi connectivity index (χ2n) is 5.95. The van der Waals surface area contributed by atoms with Gasteiger partial charge >= 0.3 is 0 Å². The number of carbonyl (C=O) groups is 1. The van der Waals surface area contributed by atoms with Gasteiger partial charge in [-0.2, -0.15) is 5.10 Å². The monoisotopic (exact) mass is 484 g/mol. The number of nitrogens with zero attached hydrogens (tertiary/aromatic N) is 4. The van der Waals surface area contributed by atoms with Crippen LogP contribution >= 0.6 is 24.0 Å². The minimum absolute atomic E-state index is 0. The lowest BCUT2D eigenvalue weighted by Gasteiger charge is -2.29. The highest BCUT2D eigenvalue weighted by molar-refractivity contribution is 14.0. The molecule has 1 aliphatic rings. The molecule has 1 aliphatic heterocycles. The molecule has 146 valence electrons. The van der Waals surface area contributed by atoms with Crippen LogP contribution in [0, 0.1) is 0 Å². The van der Waals surface area contributed by atoms with Crippen molar-refractivity contribution < 1.29 is 9.53 Å². The van der Waals surface area contributed by atoms with Crippen molar-refractivity contribution in [1.29, 1.82) is 0 Å². The Morgan fingerprint density at radius 1 is 1.30 bits per heavy atom. The number of nitrogens with one attached hydrogen (secondary N) is 2. The largest absolute Gasteiger partial charge is 0.482 e. The molecule has 0 aliphatic carbocycles. The van der Waals surface area contributed by atoms with Crippen LogP contribution in [0.3, 0.4) is 0 Å². The Morgan fingerprint density at radius 3 is 2.85 bits per heavy atom. The molecule has 0 fully saturated rings. The summed E-state index contributed by atoms with van der Waals surface area (Å²) in [7, 11) is 3.64. The van der Waals surface area contributed by atoms with E-state index in [1.54, 1.807) is 18.1 Å². The lowest BCUT2D eigenvalue weighted by molar-refractivity contribution is -0.121. The van der Waals surface area contributed by atoms with E-state index >= 15 is 0 Å². The zero-order chi connectivity index (χ0) is 18.4. The minimum Gasteiger partial charge on any atom is -0.482 e. The molecular weight excluding hydrogens is 459 g/mol. The van der Waals surface area contributed by atoms with Gasteiger partial charge in [-0.1, -0.05) is 12.1 Å². The molecule has 1 aromatic heterocycles. The third-order valence-electron chi connectivity index (χ3n) is 4.24. The average Bonchev–Trinajstić information content (AvgIpc) is 3.07. The number of aliphatic imine (C=N–C) groups is 1. The van der Waals surface area contributed by atoms with Crippen molar-refractivity contribution in [3.8, 4) is 5.75 Å². The van der Waals surface area contributed by atoms with Gasteiger partial charge < -0.3 is 20.3 Å². The molecule has 8 nitrogen and oxygen atoms in total. The first-order valence-corrected chi connectivity index (χ1v) is 8.62. The van der Waals surface area contributed by atoms with E-state index in [2.05, 4.69) is 20.7 Å². The zero-order valence-corrected chi connectivity index (χ0v) is 17.8. The molecule has 2 aromatic rings. The lowest BCUT2D eigenvalue weighted by atomic mass is 10.2. The van der Waals surface area contributed by atoms with Gasteiger partial charge in [0.2, 0.25) is 0 Å². The number of amides is 1. The first-order chi connectivity index (χ1) is 12.7. The van der Waals surface area contributed by atoms with Gasteiger partial charge in [0.05, 0.1) is 17.9 Å². The lowest BCUT2D eigenvalue weighted by Crippen LogP contribution is -2.42. The molecule has 9 heteroatoms. The van der Waals surface area contributed by atoms with Gasteiger partial charge in [0.1, 0.15) is 5.75 Å². The van der Waals surface area contributed by atoms with E-state index < -0.39 is 0 Å². The molecule has 0 bridgehead atoms. The molecule has 0 saturated carbocycles. The molecule has 27 heavy (non-hydrogen) atoms. The second-order valence-corrected chi connectivity index (χ2v) is 5.95. The van der Waals surface area contributed by atoms with E-state index in [0.29, 0.717) is 19.6 Å². The topological polar surface area (TPSA) is 83.8 Å². The van der Waals surface area contributed by atoms with E-state index in [9.17, 15) is 4.79 Å². The highest BCUT2D eigenvalue weighted by Gasteiger charge is 2.24. The van der Waals surface area contributed by atoms with Gasteiger partial charge in [0.15, 0.2) is 12.6 Å². The molecule has 2 N–H and O–H groups in total. The number of para-hydroxylation sites is 2. The van der Waals surface area contributed by atoms with E-state index in [1.165, 1.54) is 0 Å². The third-order valence-corrected chi connectivity index (χ3v) is 4.24. The summed E-state index contributed by atoms with van der Waals surface area (Å²) in [6.07, 6.45) is 2.57. The van der Waals surface area contributed by atoms with E-state index in [0.717, 1.165) is 29.5 Å². The average molecular weight is 484 g/mol. The summed E-state index contributed by atoms with van der Waals surface area (Å²) in [5.41, 5.74) is 1.91. The van der Waals surface area contributed by atoms with Crippen molar-refractivity contribution in [1.82, 2.24) is 20.4 Å². The number of hydrogen-bond donors (Lipinski definition) is 2. The summed E-state index contributed by atoms with van der Waals surface area (Å²) in [6, 6.07) is 9.58. The van der Waals surface area contributed by atoms with Crippen LogP contribution in [0.1, 0.15) is 12.1 Å². The van der Waals surface area contributed by atoms with Crippen LogP contribution < -0.4 is 20.3 Å². The normalized spacial score (nSPS) is 13.5. The fourth-order valence-electron chi connectivity index (χ4n) is 2.81. The Morgan fingerprint density at radius 2 is 2.11 bits per heavy atom. The summed E-state index contributed by atoms with van der Waals surface area (Å²) in [4.78, 5) is 18.1. The number of ether oxygens (including phenoxy) is 1. The van der Waals surface area contributed by atoms with E-state index in [1.807, 2.05) is 42.1 Å². The summed E-state index contributed by atoms with van der Waals surface area (Å²) < 4.78 is 7.28. The molecular formula is C18H25IN6O2. The molecule has 1 amide bonds. The van der Waals surface area contributed by atoms with Crippen LogP contribution in [0.15, 0.2) is 41.5 Å². The first-order valence-electron chi connectivity index (χ1n) is 8.62. The number of aryl methyl sites for hydroxylation is 1. The zero-order valence-electron chi connectivity index (χ0n) is 15.5. The van der Waals surface area contributed by atoms with Crippen molar-refractivity contribution in [2.45, 2.75) is 13.0 Å². The molecule has 0 spiro atoms. The summed E-state index contributed by atoms with van der Waals surface area (Å²) in [5, 5.41) is 10.7. The SMILES string of the molecule is CN=C(NCCCN1C(=O)COc2ccccc21)NCc1ccnn1C.I. The predicted octanol–water partition coefficient (Wildman–Crippen LogP) is 1.52. The molecule has 1 aromatic carbocycles. The van der Waals surface area contributed by atoms with Crippen molar-refractivity contribution in [3.63, 3.8) is 0 Å². The molecule has 0 unspecified atom stereocenters. The first kappa shape index (κ1) is 21.0. The molecule has 0 saturated heterocycles. The highest BCUT2D eigenvalue weighted by Crippen LogP contribution is 2.31. The summed E-state index contributed by atoms with van der Waals surface area (Å²) in [6.45, 7) is 2.08. The Kier molecular flexibility index (Phi) is 7.89. The van der Waals surface area contributed by atoms with Crippen molar-refractivity contribution in [2.24, 2.45) is 12.0 Å². The van der Waals surface area contributed by atoms with E-state index in [4.69, 9.17) is 4.74 Å². The number of guanidine groups is 1. The number of fused-ring (bicyclic) bond motifs is 1. The van der Waals surface area contributed by atoms with Crippen LogP contribution in [0.25, 0.3) is 0 Å². The quantitative estimate of drug-likeness (QED) is 0.281. The number of hydrogen-bond acceptors (Lipinski definition) is 4. The number of benzene rings is 1.